The highest BCUT2D eigenvalue weighted by atomic mass is 16.5. The van der Waals surface area contributed by atoms with Crippen molar-refractivity contribution in [3.05, 3.63) is 36.0 Å². The molecular weight excluding hydrogens is 232 g/mol. The molecule has 0 aliphatic heterocycles. The first-order chi connectivity index (χ1) is 8.83. The summed E-state index contributed by atoms with van der Waals surface area (Å²) in [6, 6.07) is 7.57. The standard InChI is InChI=1S/C13H10N2O3/c1-17-12-4-2-3-10-9(12)5-11(15-10)13-8(7-16)6-14-18-13/h2-7,15H,1H3. The van der Waals surface area contributed by atoms with Gasteiger partial charge >= 0.3 is 0 Å². The first-order valence-corrected chi connectivity index (χ1v) is 5.39. The molecule has 5 heteroatoms. The number of methoxy groups -OCH3 is 1. The quantitative estimate of drug-likeness (QED) is 0.717. The van der Waals surface area contributed by atoms with E-state index in [1.165, 1.54) is 6.20 Å². The Balaban J connectivity index is 2.22. The van der Waals surface area contributed by atoms with E-state index in [4.69, 9.17) is 9.26 Å². The normalized spacial score (nSPS) is 10.7. The van der Waals surface area contributed by atoms with Crippen molar-refractivity contribution < 1.29 is 14.1 Å². The van der Waals surface area contributed by atoms with Crippen LogP contribution in [0, 0.1) is 0 Å². The molecule has 0 saturated carbocycles. The summed E-state index contributed by atoms with van der Waals surface area (Å²) in [5.41, 5.74) is 2.03. The first kappa shape index (κ1) is 10.6. The second-order valence-corrected chi connectivity index (χ2v) is 3.83. The van der Waals surface area contributed by atoms with E-state index in [0.29, 0.717) is 23.3 Å². The van der Waals surface area contributed by atoms with Crippen molar-refractivity contribution in [3.8, 4) is 17.2 Å². The lowest BCUT2D eigenvalue weighted by Crippen LogP contribution is -1.81. The highest BCUT2D eigenvalue weighted by Gasteiger charge is 2.14. The third-order valence-corrected chi connectivity index (χ3v) is 2.81. The summed E-state index contributed by atoms with van der Waals surface area (Å²) >= 11 is 0. The van der Waals surface area contributed by atoms with Crippen molar-refractivity contribution in [2.45, 2.75) is 0 Å². The van der Waals surface area contributed by atoms with E-state index in [1.807, 2.05) is 24.3 Å². The van der Waals surface area contributed by atoms with Gasteiger partial charge in [-0.3, -0.25) is 4.79 Å². The second kappa shape index (κ2) is 4.03. The topological polar surface area (TPSA) is 68.1 Å². The lowest BCUT2D eigenvalue weighted by molar-refractivity contribution is 0.112. The minimum atomic E-state index is 0.417. The summed E-state index contributed by atoms with van der Waals surface area (Å²) in [6.45, 7) is 0. The Hall–Kier alpha value is -2.56. The fourth-order valence-electron chi connectivity index (χ4n) is 1.96. The van der Waals surface area contributed by atoms with Crippen LogP contribution in [-0.2, 0) is 0 Å². The monoisotopic (exact) mass is 242 g/mol. The summed E-state index contributed by atoms with van der Waals surface area (Å²) in [6.07, 6.45) is 2.11. The molecule has 2 aromatic heterocycles. The molecular formula is C13H10N2O3. The second-order valence-electron chi connectivity index (χ2n) is 3.83. The molecule has 1 aromatic carbocycles. The van der Waals surface area contributed by atoms with Gasteiger partial charge in [-0.1, -0.05) is 11.2 Å². The van der Waals surface area contributed by atoms with E-state index in [-0.39, 0.29) is 0 Å². The maximum Gasteiger partial charge on any atom is 0.193 e. The Morgan fingerprint density at radius 2 is 2.33 bits per heavy atom. The largest absolute Gasteiger partial charge is 0.496 e. The zero-order valence-electron chi connectivity index (χ0n) is 9.64. The predicted molar refractivity (Wildman–Crippen MR) is 65.7 cm³/mol. The Kier molecular flexibility index (Phi) is 2.37. The first-order valence-electron chi connectivity index (χ1n) is 5.39. The molecule has 0 amide bonds. The van der Waals surface area contributed by atoms with E-state index in [0.717, 1.165) is 16.7 Å². The zero-order chi connectivity index (χ0) is 12.5. The Morgan fingerprint density at radius 3 is 3.11 bits per heavy atom. The number of H-pyrrole nitrogens is 1. The number of hydrogen-bond acceptors (Lipinski definition) is 4. The maximum absolute atomic E-state index is 10.9. The molecule has 0 spiro atoms. The molecule has 3 rings (SSSR count). The van der Waals surface area contributed by atoms with Crippen LogP contribution < -0.4 is 4.74 Å². The van der Waals surface area contributed by atoms with Crippen LogP contribution in [0.15, 0.2) is 35.0 Å². The van der Waals surface area contributed by atoms with Gasteiger partial charge in [0.2, 0.25) is 0 Å². The molecule has 0 aliphatic carbocycles. The minimum absolute atomic E-state index is 0.417. The Labute approximate surface area is 102 Å². The van der Waals surface area contributed by atoms with Crippen molar-refractivity contribution in [3.63, 3.8) is 0 Å². The van der Waals surface area contributed by atoms with Crippen LogP contribution in [0.4, 0.5) is 0 Å². The lowest BCUT2D eigenvalue weighted by Gasteiger charge is -1.99. The molecule has 0 bridgehead atoms. The number of fused-ring (bicyclic) bond motifs is 1. The number of aldehydes is 1. The van der Waals surface area contributed by atoms with Crippen LogP contribution in [0.2, 0.25) is 0 Å². The number of ether oxygens (including phenoxy) is 1. The van der Waals surface area contributed by atoms with Gasteiger partial charge in [0.15, 0.2) is 12.0 Å². The third kappa shape index (κ3) is 1.48. The number of nitrogens with zero attached hydrogens (tertiary/aromatic N) is 1. The molecule has 2 heterocycles. The average Bonchev–Trinajstić information content (AvgIpc) is 3.03. The molecule has 0 unspecified atom stereocenters. The van der Waals surface area contributed by atoms with Crippen LogP contribution in [0.5, 0.6) is 5.75 Å². The van der Waals surface area contributed by atoms with Crippen molar-refractivity contribution in [1.29, 1.82) is 0 Å². The number of aromatic nitrogens is 2. The summed E-state index contributed by atoms with van der Waals surface area (Å²) in [4.78, 5) is 14.0. The van der Waals surface area contributed by atoms with Crippen molar-refractivity contribution >= 4 is 17.2 Å². The van der Waals surface area contributed by atoms with E-state index < -0.39 is 0 Å². The summed E-state index contributed by atoms with van der Waals surface area (Å²) < 4.78 is 10.4. The zero-order valence-corrected chi connectivity index (χ0v) is 9.64. The molecule has 0 saturated heterocycles. The van der Waals surface area contributed by atoms with Crippen LogP contribution in [0.3, 0.4) is 0 Å². The molecule has 90 valence electrons. The number of carbonyl (C=O) groups is 1. The highest BCUT2D eigenvalue weighted by molar-refractivity contribution is 5.92. The SMILES string of the molecule is COc1cccc2[nH]c(-c3oncc3C=O)cc12. The molecule has 18 heavy (non-hydrogen) atoms. The highest BCUT2D eigenvalue weighted by Crippen LogP contribution is 2.31. The molecule has 0 atom stereocenters. The number of hydrogen-bond donors (Lipinski definition) is 1. The van der Waals surface area contributed by atoms with Crippen molar-refractivity contribution in [2.24, 2.45) is 0 Å². The summed E-state index contributed by atoms with van der Waals surface area (Å²) in [7, 11) is 1.62. The lowest BCUT2D eigenvalue weighted by atomic mass is 10.2. The van der Waals surface area contributed by atoms with Crippen LogP contribution in [0.25, 0.3) is 22.4 Å². The number of nitrogens with one attached hydrogen (secondary N) is 1. The average molecular weight is 242 g/mol. The molecule has 1 N–H and O–H groups in total. The Morgan fingerprint density at radius 1 is 1.44 bits per heavy atom. The number of carbonyl (C=O) groups excluding carboxylic acids is 1. The molecule has 0 aliphatic rings. The van der Waals surface area contributed by atoms with Crippen molar-refractivity contribution in [1.82, 2.24) is 10.1 Å². The third-order valence-electron chi connectivity index (χ3n) is 2.81. The summed E-state index contributed by atoms with van der Waals surface area (Å²) in [5, 5.41) is 4.56. The maximum atomic E-state index is 10.9. The number of benzene rings is 1. The van der Waals surface area contributed by atoms with Crippen LogP contribution in [-0.4, -0.2) is 23.5 Å². The predicted octanol–water partition coefficient (Wildman–Crippen LogP) is 2.64. The van der Waals surface area contributed by atoms with Crippen molar-refractivity contribution in [2.75, 3.05) is 7.11 Å². The number of rotatable bonds is 3. The molecule has 0 radical (unpaired) electrons. The fraction of sp³-hybridized carbons (Fsp3) is 0.0769. The number of aromatic amines is 1. The van der Waals surface area contributed by atoms with Gasteiger partial charge in [0, 0.05) is 10.9 Å². The van der Waals surface area contributed by atoms with E-state index in [2.05, 4.69) is 10.1 Å². The van der Waals surface area contributed by atoms with Gasteiger partial charge in [0.05, 0.1) is 24.6 Å². The van der Waals surface area contributed by atoms with E-state index >= 15 is 0 Å². The van der Waals surface area contributed by atoms with E-state index in [9.17, 15) is 4.79 Å². The molecule has 0 fully saturated rings. The van der Waals surface area contributed by atoms with Crippen LogP contribution in [0.1, 0.15) is 10.4 Å². The van der Waals surface area contributed by atoms with Gasteiger partial charge in [0.1, 0.15) is 5.75 Å². The van der Waals surface area contributed by atoms with Gasteiger partial charge in [-0.25, -0.2) is 0 Å². The summed E-state index contributed by atoms with van der Waals surface area (Å²) in [5.74, 6) is 1.20. The van der Waals surface area contributed by atoms with Gasteiger partial charge in [-0.15, -0.1) is 0 Å². The molecule has 5 nitrogen and oxygen atoms in total. The minimum Gasteiger partial charge on any atom is -0.496 e. The van der Waals surface area contributed by atoms with Gasteiger partial charge in [-0.05, 0) is 18.2 Å². The van der Waals surface area contributed by atoms with Gasteiger partial charge < -0.3 is 14.2 Å². The smallest absolute Gasteiger partial charge is 0.193 e. The van der Waals surface area contributed by atoms with Crippen LogP contribution >= 0.6 is 0 Å². The Bertz CT molecular complexity index is 712. The fourth-order valence-corrected chi connectivity index (χ4v) is 1.96. The van der Waals surface area contributed by atoms with Gasteiger partial charge in [-0.2, -0.15) is 0 Å². The van der Waals surface area contributed by atoms with E-state index in [1.54, 1.807) is 7.11 Å². The van der Waals surface area contributed by atoms with Gasteiger partial charge in [0.25, 0.3) is 0 Å². The molecule has 3 aromatic rings.